The minimum absolute atomic E-state index is 0.0347. The van der Waals surface area contributed by atoms with E-state index in [1.807, 2.05) is 23.1 Å². The topological polar surface area (TPSA) is 61.9 Å². The van der Waals surface area contributed by atoms with Crippen LogP contribution in [0.4, 0.5) is 10.1 Å². The maximum absolute atomic E-state index is 13.2. The number of amides is 2. The number of hydrogen-bond acceptors (Lipinski definition) is 4. The van der Waals surface area contributed by atoms with E-state index < -0.39 is 0 Å². The number of ether oxygens (including phenoxy) is 1. The summed E-state index contributed by atoms with van der Waals surface area (Å²) in [7, 11) is 0. The summed E-state index contributed by atoms with van der Waals surface area (Å²) < 4.78 is 18.8. The molecule has 1 N–H and O–H groups in total. The van der Waals surface area contributed by atoms with Crippen molar-refractivity contribution in [3.63, 3.8) is 0 Å². The van der Waals surface area contributed by atoms with Crippen LogP contribution in [-0.2, 0) is 22.5 Å². The molecular formula is C30H40FN3O3. The minimum atomic E-state index is -0.263. The zero-order valence-corrected chi connectivity index (χ0v) is 22.0. The Morgan fingerprint density at radius 1 is 0.973 bits per heavy atom. The van der Waals surface area contributed by atoms with Crippen LogP contribution in [0.5, 0.6) is 0 Å². The van der Waals surface area contributed by atoms with Gasteiger partial charge in [-0.05, 0) is 80.1 Å². The maximum atomic E-state index is 13.2. The van der Waals surface area contributed by atoms with E-state index in [9.17, 15) is 14.0 Å². The van der Waals surface area contributed by atoms with E-state index in [2.05, 4.69) is 10.2 Å². The molecule has 2 aromatic rings. The number of rotatable bonds is 5. The predicted octanol–water partition coefficient (Wildman–Crippen LogP) is 5.10. The van der Waals surface area contributed by atoms with Crippen molar-refractivity contribution < 1.29 is 18.7 Å². The fourth-order valence-electron chi connectivity index (χ4n) is 5.41. The molecule has 2 amide bonds. The monoisotopic (exact) mass is 509 g/mol. The van der Waals surface area contributed by atoms with Crippen LogP contribution in [0.2, 0.25) is 0 Å². The highest BCUT2D eigenvalue weighted by Crippen LogP contribution is 2.28. The molecule has 7 heteroatoms. The van der Waals surface area contributed by atoms with Gasteiger partial charge in [0.05, 0.1) is 0 Å². The molecule has 0 saturated carbocycles. The quantitative estimate of drug-likeness (QED) is 0.610. The second-order valence-corrected chi connectivity index (χ2v) is 10.2. The van der Waals surface area contributed by atoms with Gasteiger partial charge in [0, 0.05) is 57.1 Å². The van der Waals surface area contributed by atoms with Gasteiger partial charge in [-0.3, -0.25) is 14.5 Å². The molecule has 37 heavy (non-hydrogen) atoms. The van der Waals surface area contributed by atoms with Crippen molar-refractivity contribution in [2.75, 3.05) is 37.7 Å². The van der Waals surface area contributed by atoms with Gasteiger partial charge in [-0.15, -0.1) is 0 Å². The molecule has 1 fully saturated rings. The zero-order valence-electron chi connectivity index (χ0n) is 22.0. The van der Waals surface area contributed by atoms with E-state index in [4.69, 9.17) is 4.74 Å². The number of halogens is 1. The molecule has 1 saturated heterocycles. The third-order valence-corrected chi connectivity index (χ3v) is 7.53. The molecular weight excluding hydrogens is 469 g/mol. The molecule has 0 atom stereocenters. The van der Waals surface area contributed by atoms with Crippen molar-refractivity contribution in [3.05, 3.63) is 65.0 Å². The Kier molecular flexibility index (Phi) is 10.1. The standard InChI is InChI=1S/C30H40FN3O3/c1-23(35)34-18-6-4-2-3-5-17-33(28-14-19-37-20-15-28)22-26-21-25(9-12-29(26)34)30(36)32-16-13-24-7-10-27(31)11-8-24/h7-12,21,28H,2-6,13-20,22H2,1H3,(H,32,36). The lowest BCUT2D eigenvalue weighted by Crippen LogP contribution is -2.40. The molecule has 2 heterocycles. The van der Waals surface area contributed by atoms with Crippen molar-refractivity contribution in [1.29, 1.82) is 0 Å². The first-order valence-electron chi connectivity index (χ1n) is 13.8. The summed E-state index contributed by atoms with van der Waals surface area (Å²) in [5.74, 6) is -0.365. The lowest BCUT2D eigenvalue weighted by Gasteiger charge is -2.36. The van der Waals surface area contributed by atoms with Crippen LogP contribution >= 0.6 is 0 Å². The summed E-state index contributed by atoms with van der Waals surface area (Å²) >= 11 is 0. The van der Waals surface area contributed by atoms with Crippen molar-refractivity contribution in [3.8, 4) is 0 Å². The SMILES string of the molecule is CC(=O)N1CCCCCCCN(C2CCOCC2)Cc2cc(C(=O)NCCc3ccc(F)cc3)ccc21. The summed E-state index contributed by atoms with van der Waals surface area (Å²) in [5, 5.41) is 3.00. The number of nitrogens with one attached hydrogen (secondary N) is 1. The molecule has 2 aromatic carbocycles. The smallest absolute Gasteiger partial charge is 0.251 e. The summed E-state index contributed by atoms with van der Waals surface area (Å²) in [6, 6.07) is 12.5. The van der Waals surface area contributed by atoms with Crippen molar-refractivity contribution in [1.82, 2.24) is 10.2 Å². The first-order chi connectivity index (χ1) is 18.0. The second kappa shape index (κ2) is 13.7. The molecule has 0 aromatic heterocycles. The number of benzene rings is 2. The Hall–Kier alpha value is -2.77. The van der Waals surface area contributed by atoms with Crippen molar-refractivity contribution in [2.45, 2.75) is 70.9 Å². The first-order valence-corrected chi connectivity index (χ1v) is 13.8. The lowest BCUT2D eigenvalue weighted by atomic mass is 10.0. The van der Waals surface area contributed by atoms with Crippen molar-refractivity contribution in [2.24, 2.45) is 0 Å². The Balaban J connectivity index is 1.55. The van der Waals surface area contributed by atoms with Crippen LogP contribution in [0.1, 0.15) is 73.4 Å². The van der Waals surface area contributed by atoms with Gasteiger partial charge in [0.25, 0.3) is 5.91 Å². The van der Waals surface area contributed by atoms with Crippen LogP contribution in [0, 0.1) is 5.82 Å². The Morgan fingerprint density at radius 3 is 2.41 bits per heavy atom. The Labute approximate surface area is 220 Å². The lowest BCUT2D eigenvalue weighted by molar-refractivity contribution is -0.116. The third-order valence-electron chi connectivity index (χ3n) is 7.53. The molecule has 6 nitrogen and oxygen atoms in total. The van der Waals surface area contributed by atoms with Crippen LogP contribution in [-0.4, -0.2) is 55.6 Å². The van der Waals surface area contributed by atoms with Crippen molar-refractivity contribution >= 4 is 17.5 Å². The highest BCUT2D eigenvalue weighted by atomic mass is 19.1. The van der Waals surface area contributed by atoms with Crippen LogP contribution in [0.25, 0.3) is 0 Å². The van der Waals surface area contributed by atoms with E-state index in [1.165, 1.54) is 25.0 Å². The summed E-state index contributed by atoms with van der Waals surface area (Å²) in [6.45, 7) is 6.08. The minimum Gasteiger partial charge on any atom is -0.381 e. The van der Waals surface area contributed by atoms with Gasteiger partial charge in [0.2, 0.25) is 5.91 Å². The van der Waals surface area contributed by atoms with E-state index in [0.29, 0.717) is 37.7 Å². The molecule has 0 spiro atoms. The van der Waals surface area contributed by atoms with Crippen LogP contribution < -0.4 is 10.2 Å². The average molecular weight is 510 g/mol. The van der Waals surface area contributed by atoms with E-state index in [0.717, 1.165) is 68.7 Å². The normalized spacial score (nSPS) is 18.4. The van der Waals surface area contributed by atoms with E-state index >= 15 is 0 Å². The average Bonchev–Trinajstić information content (AvgIpc) is 2.90. The highest BCUT2D eigenvalue weighted by Gasteiger charge is 2.25. The molecule has 0 bridgehead atoms. The number of fused-ring (bicyclic) bond motifs is 1. The molecule has 4 rings (SSSR count). The predicted molar refractivity (Wildman–Crippen MR) is 144 cm³/mol. The first kappa shape index (κ1) is 27.3. The third kappa shape index (κ3) is 7.86. The number of nitrogens with zero attached hydrogens (tertiary/aromatic N) is 2. The highest BCUT2D eigenvalue weighted by molar-refractivity contribution is 5.97. The van der Waals surface area contributed by atoms with Crippen LogP contribution in [0.15, 0.2) is 42.5 Å². The molecule has 200 valence electrons. The number of carbonyl (C=O) groups is 2. The van der Waals surface area contributed by atoms with Gasteiger partial charge < -0.3 is 15.0 Å². The largest absolute Gasteiger partial charge is 0.381 e. The van der Waals surface area contributed by atoms with E-state index in [-0.39, 0.29) is 17.6 Å². The van der Waals surface area contributed by atoms with Gasteiger partial charge in [-0.2, -0.15) is 0 Å². The van der Waals surface area contributed by atoms with Gasteiger partial charge >= 0.3 is 0 Å². The number of hydrogen-bond donors (Lipinski definition) is 1. The summed E-state index contributed by atoms with van der Waals surface area (Å²) in [6.07, 6.45) is 8.30. The molecule has 0 aliphatic carbocycles. The Bertz CT molecular complexity index is 1040. The molecule has 0 unspecified atom stereocenters. The van der Waals surface area contributed by atoms with Gasteiger partial charge in [-0.25, -0.2) is 4.39 Å². The molecule has 0 radical (unpaired) electrons. The Morgan fingerprint density at radius 2 is 1.68 bits per heavy atom. The molecule has 2 aliphatic heterocycles. The van der Waals surface area contributed by atoms with E-state index in [1.54, 1.807) is 19.1 Å². The summed E-state index contributed by atoms with van der Waals surface area (Å²) in [4.78, 5) is 30.2. The van der Waals surface area contributed by atoms with Gasteiger partial charge in [0.1, 0.15) is 5.82 Å². The molecule has 2 aliphatic rings. The second-order valence-electron chi connectivity index (χ2n) is 10.2. The number of carbonyl (C=O) groups excluding carboxylic acids is 2. The van der Waals surface area contributed by atoms with Gasteiger partial charge in [0.15, 0.2) is 0 Å². The zero-order chi connectivity index (χ0) is 26.0. The maximum Gasteiger partial charge on any atom is 0.251 e. The number of anilines is 1. The fraction of sp³-hybridized carbons (Fsp3) is 0.533. The summed E-state index contributed by atoms with van der Waals surface area (Å²) in [5.41, 5.74) is 3.50. The van der Waals surface area contributed by atoms with Gasteiger partial charge in [-0.1, -0.05) is 31.4 Å². The fourth-order valence-corrected chi connectivity index (χ4v) is 5.41. The van der Waals surface area contributed by atoms with Crippen LogP contribution in [0.3, 0.4) is 0 Å².